The summed E-state index contributed by atoms with van der Waals surface area (Å²) in [6.45, 7) is 8.20. The van der Waals surface area contributed by atoms with Crippen molar-refractivity contribution in [3.63, 3.8) is 0 Å². The molecular weight excluding hydrogens is 368 g/mol. The van der Waals surface area contributed by atoms with Crippen LogP contribution < -0.4 is 0 Å². The highest BCUT2D eigenvalue weighted by molar-refractivity contribution is 5.76. The van der Waals surface area contributed by atoms with Crippen molar-refractivity contribution >= 4 is 5.91 Å². The fraction of sp³-hybridized carbons (Fsp3) is 0.409. The van der Waals surface area contributed by atoms with Gasteiger partial charge in [-0.05, 0) is 25.5 Å². The molecule has 1 fully saturated rings. The maximum absolute atomic E-state index is 12.6. The Balaban J connectivity index is 1.24. The molecule has 0 aliphatic carbocycles. The highest BCUT2D eigenvalue weighted by Crippen LogP contribution is 2.23. The van der Waals surface area contributed by atoms with Gasteiger partial charge in [-0.25, -0.2) is 0 Å². The lowest BCUT2D eigenvalue weighted by Gasteiger charge is -2.34. The van der Waals surface area contributed by atoms with Gasteiger partial charge in [0.1, 0.15) is 5.76 Å². The first-order valence-electron chi connectivity index (χ1n) is 10.0. The summed E-state index contributed by atoms with van der Waals surface area (Å²) >= 11 is 0. The van der Waals surface area contributed by atoms with Crippen LogP contribution in [0.25, 0.3) is 11.5 Å². The van der Waals surface area contributed by atoms with Crippen LogP contribution in [0.5, 0.6) is 0 Å². The molecule has 0 spiro atoms. The quantitative estimate of drug-likeness (QED) is 0.639. The molecule has 7 heteroatoms. The molecule has 4 rings (SSSR count). The van der Waals surface area contributed by atoms with Crippen molar-refractivity contribution in [2.75, 3.05) is 26.2 Å². The van der Waals surface area contributed by atoms with Crippen LogP contribution in [0.3, 0.4) is 0 Å². The largest absolute Gasteiger partial charge is 0.469 e. The number of carbonyl (C=O) groups is 1. The highest BCUT2D eigenvalue weighted by atomic mass is 16.4. The highest BCUT2D eigenvalue weighted by Gasteiger charge is 2.22. The number of rotatable bonds is 6. The summed E-state index contributed by atoms with van der Waals surface area (Å²) in [5, 5.41) is 8.12. The van der Waals surface area contributed by atoms with E-state index in [0.717, 1.165) is 44.0 Å². The van der Waals surface area contributed by atoms with E-state index in [0.29, 0.717) is 24.6 Å². The molecule has 7 nitrogen and oxygen atoms in total. The molecule has 3 heterocycles. The fourth-order valence-electron chi connectivity index (χ4n) is 3.67. The number of hydrogen-bond donors (Lipinski definition) is 0. The van der Waals surface area contributed by atoms with Gasteiger partial charge in [-0.3, -0.25) is 9.69 Å². The molecule has 0 atom stereocenters. The maximum Gasteiger partial charge on any atom is 0.251 e. The second-order valence-electron chi connectivity index (χ2n) is 7.54. The third-order valence-electron chi connectivity index (χ3n) is 5.32. The summed E-state index contributed by atoms with van der Waals surface area (Å²) in [7, 11) is 0. The maximum atomic E-state index is 12.6. The first-order chi connectivity index (χ1) is 14.1. The molecule has 152 valence electrons. The van der Waals surface area contributed by atoms with Crippen molar-refractivity contribution in [3.05, 3.63) is 59.4 Å². The third kappa shape index (κ3) is 4.74. The molecule has 1 aromatic carbocycles. The Morgan fingerprint density at radius 1 is 1.10 bits per heavy atom. The minimum Gasteiger partial charge on any atom is -0.469 e. The first-order valence-corrected chi connectivity index (χ1v) is 10.0. The second-order valence-corrected chi connectivity index (χ2v) is 7.54. The van der Waals surface area contributed by atoms with E-state index in [1.165, 1.54) is 11.1 Å². The number of nitrogens with zero attached hydrogens (tertiary/aromatic N) is 4. The van der Waals surface area contributed by atoms with Crippen molar-refractivity contribution in [2.24, 2.45) is 0 Å². The monoisotopic (exact) mass is 394 g/mol. The predicted molar refractivity (Wildman–Crippen MR) is 108 cm³/mol. The van der Waals surface area contributed by atoms with Gasteiger partial charge in [-0.15, -0.1) is 10.2 Å². The number of benzene rings is 1. The molecule has 29 heavy (non-hydrogen) atoms. The number of amides is 1. The lowest BCUT2D eigenvalue weighted by Crippen LogP contribution is -2.48. The topological polar surface area (TPSA) is 75.6 Å². The average molecular weight is 394 g/mol. The van der Waals surface area contributed by atoms with Gasteiger partial charge >= 0.3 is 0 Å². The molecule has 0 unspecified atom stereocenters. The number of furan rings is 1. The average Bonchev–Trinajstić information content (AvgIpc) is 3.35. The SMILES string of the molecule is Cc1cccc(CN2CCN(C(=O)CCc3nnc(-c4ccoc4C)o3)CC2)c1. The Morgan fingerprint density at radius 3 is 2.66 bits per heavy atom. The zero-order valence-corrected chi connectivity index (χ0v) is 16.9. The Morgan fingerprint density at radius 2 is 1.93 bits per heavy atom. The van der Waals surface area contributed by atoms with Crippen LogP contribution in [0.4, 0.5) is 0 Å². The smallest absolute Gasteiger partial charge is 0.251 e. The Kier molecular flexibility index (Phi) is 5.76. The molecule has 1 aliphatic rings. The minimum absolute atomic E-state index is 0.138. The van der Waals surface area contributed by atoms with Crippen LogP contribution in [0.1, 0.15) is 29.2 Å². The van der Waals surface area contributed by atoms with Gasteiger partial charge in [0, 0.05) is 45.6 Å². The lowest BCUT2D eigenvalue weighted by atomic mass is 10.1. The number of carbonyl (C=O) groups excluding carboxylic acids is 1. The van der Waals surface area contributed by atoms with Gasteiger partial charge < -0.3 is 13.7 Å². The summed E-state index contributed by atoms with van der Waals surface area (Å²) < 4.78 is 10.9. The van der Waals surface area contributed by atoms with Crippen LogP contribution in [-0.4, -0.2) is 52.1 Å². The van der Waals surface area contributed by atoms with Gasteiger partial charge in [0.25, 0.3) is 5.89 Å². The van der Waals surface area contributed by atoms with Gasteiger partial charge in [0.15, 0.2) is 0 Å². The van der Waals surface area contributed by atoms with Crippen molar-refractivity contribution in [2.45, 2.75) is 33.2 Å². The molecule has 3 aromatic rings. The van der Waals surface area contributed by atoms with E-state index in [9.17, 15) is 4.79 Å². The van der Waals surface area contributed by atoms with Crippen LogP contribution in [-0.2, 0) is 17.8 Å². The third-order valence-corrected chi connectivity index (χ3v) is 5.32. The van der Waals surface area contributed by atoms with Gasteiger partial charge in [-0.1, -0.05) is 29.8 Å². The zero-order valence-electron chi connectivity index (χ0n) is 16.9. The molecule has 1 amide bonds. The van der Waals surface area contributed by atoms with Crippen LogP contribution in [0.2, 0.25) is 0 Å². The van der Waals surface area contributed by atoms with E-state index in [-0.39, 0.29) is 5.91 Å². The summed E-state index contributed by atoms with van der Waals surface area (Å²) in [6, 6.07) is 10.4. The van der Waals surface area contributed by atoms with E-state index in [1.807, 2.05) is 11.8 Å². The molecule has 1 saturated heterocycles. The fourth-order valence-corrected chi connectivity index (χ4v) is 3.67. The van der Waals surface area contributed by atoms with Crippen molar-refractivity contribution in [1.29, 1.82) is 0 Å². The van der Waals surface area contributed by atoms with E-state index in [4.69, 9.17) is 8.83 Å². The van der Waals surface area contributed by atoms with E-state index in [2.05, 4.69) is 46.3 Å². The predicted octanol–water partition coefficient (Wildman–Crippen LogP) is 3.22. The molecule has 0 radical (unpaired) electrons. The van der Waals surface area contributed by atoms with E-state index < -0.39 is 0 Å². The van der Waals surface area contributed by atoms with Gasteiger partial charge in [-0.2, -0.15) is 0 Å². The summed E-state index contributed by atoms with van der Waals surface area (Å²) in [5.74, 6) is 1.79. The van der Waals surface area contributed by atoms with Crippen molar-refractivity contribution < 1.29 is 13.6 Å². The Bertz CT molecular complexity index is 970. The number of aryl methyl sites for hydroxylation is 3. The summed E-state index contributed by atoms with van der Waals surface area (Å²) in [5.41, 5.74) is 3.40. The summed E-state index contributed by atoms with van der Waals surface area (Å²) in [4.78, 5) is 16.9. The van der Waals surface area contributed by atoms with Crippen LogP contribution in [0.15, 0.2) is 45.4 Å². The zero-order chi connectivity index (χ0) is 20.2. The number of aromatic nitrogens is 2. The minimum atomic E-state index is 0.138. The second kappa shape index (κ2) is 8.61. The number of hydrogen-bond acceptors (Lipinski definition) is 6. The molecule has 1 aliphatic heterocycles. The van der Waals surface area contributed by atoms with Crippen LogP contribution >= 0.6 is 0 Å². The number of piperazine rings is 1. The first kappa shape index (κ1) is 19.4. The molecule has 0 bridgehead atoms. The van der Waals surface area contributed by atoms with Gasteiger partial charge in [0.2, 0.25) is 11.8 Å². The Hall–Kier alpha value is -2.93. The Labute approximate surface area is 170 Å². The molecule has 0 N–H and O–H groups in total. The van der Waals surface area contributed by atoms with Crippen LogP contribution in [0, 0.1) is 13.8 Å². The van der Waals surface area contributed by atoms with E-state index >= 15 is 0 Å². The van der Waals surface area contributed by atoms with Gasteiger partial charge in [0.05, 0.1) is 11.8 Å². The van der Waals surface area contributed by atoms with Crippen molar-refractivity contribution in [1.82, 2.24) is 20.0 Å². The normalized spacial score (nSPS) is 15.0. The lowest BCUT2D eigenvalue weighted by molar-refractivity contribution is -0.133. The summed E-state index contributed by atoms with van der Waals surface area (Å²) in [6.07, 6.45) is 2.42. The molecule has 2 aromatic heterocycles. The van der Waals surface area contributed by atoms with E-state index in [1.54, 1.807) is 12.3 Å². The molecular formula is C22H26N4O3. The molecule has 0 saturated carbocycles. The standard InChI is InChI=1S/C22H26N4O3/c1-16-4-3-5-18(14-16)15-25-9-11-26(12-10-25)21(27)7-6-20-23-24-22(29-20)19-8-13-28-17(19)2/h3-5,8,13-14H,6-7,9-12,15H2,1-2H3. The van der Waals surface area contributed by atoms with Crippen molar-refractivity contribution in [3.8, 4) is 11.5 Å².